The molecule has 0 radical (unpaired) electrons. The van der Waals surface area contributed by atoms with Gasteiger partial charge in [-0.25, -0.2) is 5.01 Å². The van der Waals surface area contributed by atoms with Gasteiger partial charge in [0.15, 0.2) is 0 Å². The number of benzene rings is 1. The molecule has 0 atom stereocenters. The zero-order chi connectivity index (χ0) is 16.4. The van der Waals surface area contributed by atoms with E-state index in [1.165, 1.54) is 54.7 Å². The number of thiophene rings is 1. The van der Waals surface area contributed by atoms with Crippen molar-refractivity contribution < 1.29 is 0 Å². The van der Waals surface area contributed by atoms with Crippen molar-refractivity contribution in [2.45, 2.75) is 19.3 Å². The minimum absolute atomic E-state index is 0.877. The van der Waals surface area contributed by atoms with Crippen LogP contribution in [0.5, 0.6) is 0 Å². The van der Waals surface area contributed by atoms with Gasteiger partial charge in [-0.15, -0.1) is 11.3 Å². The summed E-state index contributed by atoms with van der Waals surface area (Å²) < 4.78 is 1.40. The molecule has 130 valence electrons. The lowest BCUT2D eigenvalue weighted by Crippen LogP contribution is -2.47. The highest BCUT2D eigenvalue weighted by Crippen LogP contribution is 2.31. The number of hydrogen-bond donors (Lipinski definition) is 1. The number of rotatable bonds is 4. The standard InChI is InChI=1S/C19H28N4S/c20-23-9-5-16(6-10-23)4-8-21-11-13-22(14-12-21)18-2-1-3-19-17(18)7-15-24-19/h1-3,7,15-16H,4-6,8-14,20H2. The van der Waals surface area contributed by atoms with Crippen LogP contribution >= 0.6 is 11.3 Å². The summed E-state index contributed by atoms with van der Waals surface area (Å²) in [5, 5.41) is 5.60. The number of piperazine rings is 1. The van der Waals surface area contributed by atoms with Gasteiger partial charge in [0, 0.05) is 55.0 Å². The summed E-state index contributed by atoms with van der Waals surface area (Å²) in [5.74, 6) is 6.73. The van der Waals surface area contributed by atoms with Crippen molar-refractivity contribution in [1.82, 2.24) is 9.91 Å². The molecule has 4 rings (SSSR count). The lowest BCUT2D eigenvalue weighted by atomic mass is 9.94. The minimum atomic E-state index is 0.877. The van der Waals surface area contributed by atoms with Crippen LogP contribution in [0.1, 0.15) is 19.3 Å². The van der Waals surface area contributed by atoms with Crippen LogP contribution in [0.15, 0.2) is 29.6 Å². The van der Waals surface area contributed by atoms with E-state index < -0.39 is 0 Å². The molecule has 0 spiro atoms. The molecule has 3 heterocycles. The largest absolute Gasteiger partial charge is 0.368 e. The Bertz CT molecular complexity index is 654. The summed E-state index contributed by atoms with van der Waals surface area (Å²) in [6, 6.07) is 8.98. The molecule has 1 aromatic heterocycles. The molecule has 2 aliphatic rings. The smallest absolute Gasteiger partial charge is 0.0455 e. The summed E-state index contributed by atoms with van der Waals surface area (Å²) in [4.78, 5) is 5.22. The van der Waals surface area contributed by atoms with Crippen LogP contribution in [0.3, 0.4) is 0 Å². The van der Waals surface area contributed by atoms with E-state index in [1.807, 2.05) is 16.3 Å². The Morgan fingerprint density at radius 1 is 1.00 bits per heavy atom. The minimum Gasteiger partial charge on any atom is -0.368 e. The van der Waals surface area contributed by atoms with Gasteiger partial charge in [-0.1, -0.05) is 6.07 Å². The molecule has 24 heavy (non-hydrogen) atoms. The summed E-state index contributed by atoms with van der Waals surface area (Å²) in [6.45, 7) is 8.08. The topological polar surface area (TPSA) is 35.7 Å². The average Bonchev–Trinajstić information content (AvgIpc) is 3.10. The maximum absolute atomic E-state index is 5.86. The lowest BCUT2D eigenvalue weighted by Gasteiger charge is -2.37. The zero-order valence-corrected chi connectivity index (χ0v) is 15.2. The molecular weight excluding hydrogens is 316 g/mol. The molecular formula is C19H28N4S. The molecule has 4 nitrogen and oxygen atoms in total. The van der Waals surface area contributed by atoms with Crippen molar-refractivity contribution in [2.24, 2.45) is 11.8 Å². The fourth-order valence-electron chi connectivity index (χ4n) is 4.07. The Balaban J connectivity index is 1.28. The molecule has 0 saturated carbocycles. The number of nitrogens with zero attached hydrogens (tertiary/aromatic N) is 3. The van der Waals surface area contributed by atoms with Crippen molar-refractivity contribution in [1.29, 1.82) is 0 Å². The maximum Gasteiger partial charge on any atom is 0.0455 e. The summed E-state index contributed by atoms with van der Waals surface area (Å²) in [5.41, 5.74) is 1.42. The molecule has 2 aliphatic heterocycles. The normalized spacial score (nSPS) is 21.6. The third-order valence-corrected chi connectivity index (χ3v) is 6.57. The number of anilines is 1. The molecule has 0 unspecified atom stereocenters. The maximum atomic E-state index is 5.86. The SMILES string of the molecule is NN1CCC(CCN2CCN(c3cccc4sccc34)CC2)CC1. The van der Waals surface area contributed by atoms with Gasteiger partial charge in [0.1, 0.15) is 0 Å². The third kappa shape index (κ3) is 3.59. The second-order valence-corrected chi connectivity index (χ2v) is 8.15. The second kappa shape index (κ2) is 7.40. The number of hydrazine groups is 1. The highest BCUT2D eigenvalue weighted by atomic mass is 32.1. The fraction of sp³-hybridized carbons (Fsp3) is 0.579. The first-order valence-electron chi connectivity index (χ1n) is 9.23. The van der Waals surface area contributed by atoms with E-state index in [0.717, 1.165) is 32.1 Å². The van der Waals surface area contributed by atoms with E-state index in [1.54, 1.807) is 0 Å². The van der Waals surface area contributed by atoms with Crippen LogP contribution in [-0.4, -0.2) is 55.7 Å². The van der Waals surface area contributed by atoms with Crippen LogP contribution in [0, 0.1) is 5.92 Å². The van der Waals surface area contributed by atoms with Crippen molar-refractivity contribution >= 4 is 27.1 Å². The predicted octanol–water partition coefficient (Wildman–Crippen LogP) is 3.00. The van der Waals surface area contributed by atoms with Gasteiger partial charge in [-0.05, 0) is 55.3 Å². The highest BCUT2D eigenvalue weighted by molar-refractivity contribution is 7.17. The molecule has 2 aromatic rings. The van der Waals surface area contributed by atoms with Gasteiger partial charge >= 0.3 is 0 Å². The first kappa shape index (κ1) is 16.3. The highest BCUT2D eigenvalue weighted by Gasteiger charge is 2.21. The Morgan fingerprint density at radius 3 is 2.58 bits per heavy atom. The fourth-order valence-corrected chi connectivity index (χ4v) is 4.88. The van der Waals surface area contributed by atoms with Gasteiger partial charge in [-0.3, -0.25) is 10.7 Å². The van der Waals surface area contributed by atoms with Crippen LogP contribution in [-0.2, 0) is 0 Å². The van der Waals surface area contributed by atoms with Crippen molar-refractivity contribution in [3.63, 3.8) is 0 Å². The van der Waals surface area contributed by atoms with E-state index in [-0.39, 0.29) is 0 Å². The molecule has 2 fully saturated rings. The predicted molar refractivity (Wildman–Crippen MR) is 104 cm³/mol. The average molecular weight is 345 g/mol. The first-order chi connectivity index (χ1) is 11.8. The molecule has 1 aromatic carbocycles. The monoisotopic (exact) mass is 344 g/mol. The van der Waals surface area contributed by atoms with Crippen molar-refractivity contribution in [3.8, 4) is 0 Å². The quantitative estimate of drug-likeness (QED) is 0.865. The summed E-state index contributed by atoms with van der Waals surface area (Å²) >= 11 is 1.84. The van der Waals surface area contributed by atoms with Gasteiger partial charge in [0.2, 0.25) is 0 Å². The van der Waals surface area contributed by atoms with Crippen LogP contribution in [0.4, 0.5) is 5.69 Å². The Morgan fingerprint density at radius 2 is 1.79 bits per heavy atom. The number of piperidine rings is 1. The van der Waals surface area contributed by atoms with E-state index in [2.05, 4.69) is 39.4 Å². The molecule has 5 heteroatoms. The molecule has 0 bridgehead atoms. The van der Waals surface area contributed by atoms with Gasteiger partial charge in [0.25, 0.3) is 0 Å². The zero-order valence-electron chi connectivity index (χ0n) is 14.4. The van der Waals surface area contributed by atoms with E-state index in [9.17, 15) is 0 Å². The van der Waals surface area contributed by atoms with Crippen LogP contribution < -0.4 is 10.7 Å². The van der Waals surface area contributed by atoms with Crippen molar-refractivity contribution in [3.05, 3.63) is 29.6 Å². The third-order valence-electron chi connectivity index (χ3n) is 5.69. The van der Waals surface area contributed by atoms with Crippen molar-refractivity contribution in [2.75, 3.05) is 50.7 Å². The molecule has 0 aliphatic carbocycles. The Labute approximate surface area is 148 Å². The number of fused-ring (bicyclic) bond motifs is 1. The number of hydrogen-bond acceptors (Lipinski definition) is 5. The second-order valence-electron chi connectivity index (χ2n) is 7.21. The summed E-state index contributed by atoms with van der Waals surface area (Å²) in [6.07, 6.45) is 3.89. The van der Waals surface area contributed by atoms with Gasteiger partial charge in [-0.2, -0.15) is 0 Å². The Hall–Kier alpha value is -1.14. The molecule has 2 N–H and O–H groups in total. The lowest BCUT2D eigenvalue weighted by molar-refractivity contribution is 0.163. The molecule has 0 amide bonds. The van der Waals surface area contributed by atoms with Gasteiger partial charge in [0.05, 0.1) is 0 Å². The summed E-state index contributed by atoms with van der Waals surface area (Å²) in [7, 11) is 0. The van der Waals surface area contributed by atoms with Crippen LogP contribution in [0.2, 0.25) is 0 Å². The first-order valence-corrected chi connectivity index (χ1v) is 10.1. The van der Waals surface area contributed by atoms with E-state index >= 15 is 0 Å². The van der Waals surface area contributed by atoms with E-state index in [0.29, 0.717) is 0 Å². The molecule has 2 saturated heterocycles. The van der Waals surface area contributed by atoms with E-state index in [4.69, 9.17) is 5.84 Å². The Kier molecular flexibility index (Phi) is 5.03. The number of nitrogens with two attached hydrogens (primary N) is 1. The van der Waals surface area contributed by atoms with Gasteiger partial charge < -0.3 is 4.90 Å². The van der Waals surface area contributed by atoms with Crippen LogP contribution in [0.25, 0.3) is 10.1 Å².